The van der Waals surface area contributed by atoms with E-state index in [2.05, 4.69) is 28.5 Å². The van der Waals surface area contributed by atoms with Crippen LogP contribution in [0.4, 0.5) is 0 Å². The first-order valence-electron chi connectivity index (χ1n) is 8.37. The molecule has 4 rings (SSSR count). The summed E-state index contributed by atoms with van der Waals surface area (Å²) in [7, 11) is 0. The van der Waals surface area contributed by atoms with E-state index in [0.717, 1.165) is 39.1 Å². The number of nitrogens with zero attached hydrogens (tertiary/aromatic N) is 2. The van der Waals surface area contributed by atoms with E-state index in [1.807, 2.05) is 60.7 Å². The molecule has 0 fully saturated rings. The Morgan fingerprint density at radius 2 is 1.42 bits per heavy atom. The van der Waals surface area contributed by atoms with Crippen LogP contribution >= 0.6 is 0 Å². The second kappa shape index (κ2) is 6.63. The summed E-state index contributed by atoms with van der Waals surface area (Å²) in [5, 5.41) is 0. The van der Waals surface area contributed by atoms with Gasteiger partial charge in [0.1, 0.15) is 5.82 Å². The van der Waals surface area contributed by atoms with E-state index in [-0.39, 0.29) is 0 Å². The summed E-state index contributed by atoms with van der Waals surface area (Å²) >= 11 is 0. The van der Waals surface area contributed by atoms with Crippen molar-refractivity contribution in [3.05, 3.63) is 89.5 Å². The van der Waals surface area contributed by atoms with Gasteiger partial charge in [0.2, 0.25) is 0 Å². The van der Waals surface area contributed by atoms with E-state index in [0.29, 0.717) is 6.54 Å². The highest BCUT2D eigenvalue weighted by Crippen LogP contribution is 2.28. The third-order valence-electron chi connectivity index (χ3n) is 4.48. The number of imidazole rings is 1. The summed E-state index contributed by atoms with van der Waals surface area (Å²) in [6.07, 6.45) is 11.4. The highest BCUT2D eigenvalue weighted by molar-refractivity contribution is 5.82. The molecular weight excluding hydrogens is 316 g/mol. The molecule has 4 aromatic rings. The maximum absolute atomic E-state index is 5.72. The third kappa shape index (κ3) is 2.65. The average Bonchev–Trinajstić information content (AvgIpc) is 3.06. The Morgan fingerprint density at radius 1 is 0.769 bits per heavy atom. The first kappa shape index (κ1) is 15.8. The van der Waals surface area contributed by atoms with Crippen molar-refractivity contribution in [1.29, 1.82) is 0 Å². The van der Waals surface area contributed by atoms with Gasteiger partial charge in [-0.05, 0) is 35.9 Å². The number of terminal acetylenes is 2. The zero-order valence-corrected chi connectivity index (χ0v) is 14.2. The Balaban J connectivity index is 1.96. The molecule has 0 aliphatic heterocycles. The van der Waals surface area contributed by atoms with E-state index in [1.165, 1.54) is 0 Å². The first-order chi connectivity index (χ1) is 12.8. The van der Waals surface area contributed by atoms with Crippen LogP contribution in [-0.2, 0) is 6.54 Å². The number of hydrogen-bond donors (Lipinski definition) is 0. The predicted molar refractivity (Wildman–Crippen MR) is 107 cm³/mol. The zero-order valence-electron chi connectivity index (χ0n) is 14.2. The first-order valence-corrected chi connectivity index (χ1v) is 8.37. The lowest BCUT2D eigenvalue weighted by atomic mass is 10.1. The lowest BCUT2D eigenvalue weighted by Gasteiger charge is -2.12. The average molecular weight is 332 g/mol. The molecule has 0 atom stereocenters. The second-order valence-electron chi connectivity index (χ2n) is 6.00. The summed E-state index contributed by atoms with van der Waals surface area (Å²) in [5.41, 5.74) is 5.74. The lowest BCUT2D eigenvalue weighted by molar-refractivity contribution is 0.832. The maximum Gasteiger partial charge on any atom is 0.142 e. The van der Waals surface area contributed by atoms with E-state index < -0.39 is 0 Å². The third-order valence-corrected chi connectivity index (χ3v) is 4.48. The molecule has 3 aromatic carbocycles. The standard InChI is InChI=1S/C24H16N2/c1-3-18-11-5-6-13-20(18)17-26-23-16-10-9-15-22(23)25-24(26)21-14-8-7-12-19(21)4-2/h1-2,5-16H,17H2. The summed E-state index contributed by atoms with van der Waals surface area (Å²) < 4.78 is 2.18. The van der Waals surface area contributed by atoms with Crippen LogP contribution in [-0.4, -0.2) is 9.55 Å². The molecule has 0 saturated carbocycles. The number of rotatable bonds is 3. The van der Waals surface area contributed by atoms with Gasteiger partial charge in [-0.1, -0.05) is 54.3 Å². The Hall–Kier alpha value is -3.75. The quantitative estimate of drug-likeness (QED) is 0.497. The summed E-state index contributed by atoms with van der Waals surface area (Å²) in [4.78, 5) is 4.86. The SMILES string of the molecule is C#Cc1ccccc1Cn1c(-c2ccccc2C#C)nc2ccccc21. The molecule has 2 heteroatoms. The molecule has 0 aliphatic carbocycles. The van der Waals surface area contributed by atoms with Gasteiger partial charge < -0.3 is 4.57 Å². The Bertz CT molecular complexity index is 1180. The van der Waals surface area contributed by atoms with E-state index in [4.69, 9.17) is 17.8 Å². The summed E-state index contributed by atoms with van der Waals surface area (Å²) in [5.74, 6) is 6.39. The smallest absolute Gasteiger partial charge is 0.142 e. The summed E-state index contributed by atoms with van der Waals surface area (Å²) in [6, 6.07) is 24.0. The van der Waals surface area contributed by atoms with Gasteiger partial charge in [-0.15, -0.1) is 12.8 Å². The van der Waals surface area contributed by atoms with Gasteiger partial charge in [-0.2, -0.15) is 0 Å². The highest BCUT2D eigenvalue weighted by atomic mass is 15.1. The van der Waals surface area contributed by atoms with Gasteiger partial charge in [-0.25, -0.2) is 4.98 Å². The van der Waals surface area contributed by atoms with Gasteiger partial charge in [0, 0.05) is 16.7 Å². The van der Waals surface area contributed by atoms with Crippen molar-refractivity contribution < 1.29 is 0 Å². The predicted octanol–water partition coefficient (Wildman–Crippen LogP) is 4.71. The maximum atomic E-state index is 5.72. The van der Waals surface area contributed by atoms with E-state index in [9.17, 15) is 0 Å². The topological polar surface area (TPSA) is 17.8 Å². The second-order valence-corrected chi connectivity index (χ2v) is 6.00. The molecule has 0 amide bonds. The molecule has 1 heterocycles. The number of hydrogen-bond acceptors (Lipinski definition) is 1. The van der Waals surface area contributed by atoms with E-state index in [1.54, 1.807) is 0 Å². The molecule has 0 N–H and O–H groups in total. The zero-order chi connectivity index (χ0) is 17.9. The largest absolute Gasteiger partial charge is 0.319 e. The fourth-order valence-corrected chi connectivity index (χ4v) is 3.21. The van der Waals surface area contributed by atoms with Crippen LogP contribution in [0, 0.1) is 24.7 Å². The van der Waals surface area contributed by atoms with Crippen molar-refractivity contribution in [2.75, 3.05) is 0 Å². The molecule has 0 radical (unpaired) electrons. The van der Waals surface area contributed by atoms with Crippen molar-refractivity contribution in [2.24, 2.45) is 0 Å². The van der Waals surface area contributed by atoms with Crippen LogP contribution in [0.15, 0.2) is 72.8 Å². The van der Waals surface area contributed by atoms with Crippen LogP contribution in [0.25, 0.3) is 22.4 Å². The minimum absolute atomic E-state index is 0.634. The molecule has 0 bridgehead atoms. The van der Waals surface area contributed by atoms with Crippen molar-refractivity contribution in [2.45, 2.75) is 6.54 Å². The molecule has 0 spiro atoms. The minimum atomic E-state index is 0.634. The normalized spacial score (nSPS) is 10.4. The van der Waals surface area contributed by atoms with Gasteiger partial charge in [0.05, 0.1) is 17.6 Å². The monoisotopic (exact) mass is 332 g/mol. The van der Waals surface area contributed by atoms with Gasteiger partial charge >= 0.3 is 0 Å². The molecular formula is C24H16N2. The molecule has 26 heavy (non-hydrogen) atoms. The van der Waals surface area contributed by atoms with Crippen LogP contribution in [0.5, 0.6) is 0 Å². The number of aromatic nitrogens is 2. The fourth-order valence-electron chi connectivity index (χ4n) is 3.21. The van der Waals surface area contributed by atoms with Crippen molar-refractivity contribution in [1.82, 2.24) is 9.55 Å². The highest BCUT2D eigenvalue weighted by Gasteiger charge is 2.15. The molecule has 1 aromatic heterocycles. The van der Waals surface area contributed by atoms with Crippen molar-refractivity contribution in [3.63, 3.8) is 0 Å². The molecule has 0 aliphatic rings. The Labute approximate surface area is 153 Å². The van der Waals surface area contributed by atoms with Crippen LogP contribution in [0.3, 0.4) is 0 Å². The minimum Gasteiger partial charge on any atom is -0.319 e. The van der Waals surface area contributed by atoms with Gasteiger partial charge in [0.25, 0.3) is 0 Å². The number of fused-ring (bicyclic) bond motifs is 1. The lowest BCUT2D eigenvalue weighted by Crippen LogP contribution is -2.04. The van der Waals surface area contributed by atoms with Crippen molar-refractivity contribution >= 4 is 11.0 Å². The number of para-hydroxylation sites is 2. The van der Waals surface area contributed by atoms with E-state index >= 15 is 0 Å². The molecule has 0 saturated heterocycles. The number of benzene rings is 3. The molecule has 0 unspecified atom stereocenters. The summed E-state index contributed by atoms with van der Waals surface area (Å²) in [6.45, 7) is 0.634. The Kier molecular flexibility index (Phi) is 4.02. The van der Waals surface area contributed by atoms with Crippen LogP contribution in [0.1, 0.15) is 16.7 Å². The van der Waals surface area contributed by atoms with Gasteiger partial charge in [-0.3, -0.25) is 0 Å². The molecule has 2 nitrogen and oxygen atoms in total. The fraction of sp³-hybridized carbons (Fsp3) is 0.0417. The van der Waals surface area contributed by atoms with Crippen LogP contribution < -0.4 is 0 Å². The van der Waals surface area contributed by atoms with Gasteiger partial charge in [0.15, 0.2) is 0 Å². The molecule has 122 valence electrons. The van der Waals surface area contributed by atoms with Crippen molar-refractivity contribution in [3.8, 4) is 36.1 Å². The Morgan fingerprint density at radius 3 is 2.23 bits per heavy atom. The van der Waals surface area contributed by atoms with Crippen LogP contribution in [0.2, 0.25) is 0 Å².